The van der Waals surface area contributed by atoms with Gasteiger partial charge in [0.05, 0.1) is 12.2 Å². The van der Waals surface area contributed by atoms with E-state index in [1.807, 2.05) is 28.9 Å². The van der Waals surface area contributed by atoms with Gasteiger partial charge < -0.3 is 11.1 Å². The molecule has 5 nitrogen and oxygen atoms in total. The number of carbonyl (C=O) groups excluding carboxylic acids is 1. The van der Waals surface area contributed by atoms with Crippen molar-refractivity contribution >= 4 is 24.1 Å². The van der Waals surface area contributed by atoms with Crippen molar-refractivity contribution in [3.63, 3.8) is 0 Å². The number of aromatic nitrogens is 2. The second kappa shape index (κ2) is 8.85. The molecule has 6 heteroatoms. The molecule has 0 aliphatic heterocycles. The predicted molar refractivity (Wildman–Crippen MR) is 101 cm³/mol. The molecule has 0 atom stereocenters. The lowest BCUT2D eigenvalue weighted by Gasteiger charge is -2.14. The minimum atomic E-state index is -0.0708. The minimum absolute atomic E-state index is 0. The Morgan fingerprint density at radius 3 is 2.50 bits per heavy atom. The van der Waals surface area contributed by atoms with Gasteiger partial charge in [0.1, 0.15) is 5.82 Å². The average Bonchev–Trinajstić information content (AvgIpc) is 2.89. The van der Waals surface area contributed by atoms with Crippen LogP contribution < -0.4 is 11.1 Å². The molecule has 0 unspecified atom stereocenters. The first-order chi connectivity index (χ1) is 10.9. The lowest BCUT2D eigenvalue weighted by molar-refractivity contribution is -0.116. The summed E-state index contributed by atoms with van der Waals surface area (Å²) in [5.41, 5.74) is 7.50. The van der Waals surface area contributed by atoms with Crippen molar-refractivity contribution in [1.29, 1.82) is 0 Å². The van der Waals surface area contributed by atoms with Gasteiger partial charge in [0.2, 0.25) is 5.91 Å². The van der Waals surface area contributed by atoms with Gasteiger partial charge in [-0.1, -0.05) is 51.1 Å². The van der Waals surface area contributed by atoms with E-state index in [-0.39, 0.29) is 23.7 Å². The fourth-order valence-corrected chi connectivity index (χ4v) is 2.23. The Morgan fingerprint density at radius 2 is 1.92 bits per heavy atom. The molecular formula is C18H27ClN4O. The van der Waals surface area contributed by atoms with Crippen LogP contribution in [0.1, 0.15) is 44.9 Å². The molecule has 0 radical (unpaired) electrons. The molecular weight excluding hydrogens is 324 g/mol. The van der Waals surface area contributed by atoms with Crippen LogP contribution in [0.3, 0.4) is 0 Å². The third kappa shape index (κ3) is 5.65. The quantitative estimate of drug-likeness (QED) is 0.839. The summed E-state index contributed by atoms with van der Waals surface area (Å²) in [5, 5.41) is 7.65. The third-order valence-corrected chi connectivity index (χ3v) is 3.60. The number of hydrogen-bond donors (Lipinski definition) is 2. The van der Waals surface area contributed by atoms with Gasteiger partial charge in [0.15, 0.2) is 0 Å². The number of nitrogens with one attached hydrogen (secondary N) is 1. The van der Waals surface area contributed by atoms with Gasteiger partial charge in [-0.25, -0.2) is 4.68 Å². The molecule has 0 fully saturated rings. The molecule has 132 valence electrons. The molecule has 2 aromatic rings. The van der Waals surface area contributed by atoms with E-state index in [0.717, 1.165) is 17.1 Å². The zero-order valence-electron chi connectivity index (χ0n) is 14.6. The first-order valence-corrected chi connectivity index (χ1v) is 8.02. The van der Waals surface area contributed by atoms with Crippen LogP contribution in [-0.2, 0) is 16.8 Å². The number of nitrogens with zero attached hydrogens (tertiary/aromatic N) is 2. The Morgan fingerprint density at radius 1 is 1.25 bits per heavy atom. The largest absolute Gasteiger partial charge is 0.330 e. The summed E-state index contributed by atoms with van der Waals surface area (Å²) in [4.78, 5) is 12.0. The molecule has 0 saturated carbocycles. The first-order valence-electron chi connectivity index (χ1n) is 8.02. The standard InChI is InChI=1S/C18H26N4O.ClH/c1-18(2,3)15-12-16(20-17(23)10-7-11-19)22(21-15)13-14-8-5-4-6-9-14;/h4-6,8-9,12H,7,10-11,13,19H2,1-3H3,(H,20,23);1H. The van der Waals surface area contributed by atoms with E-state index in [0.29, 0.717) is 25.9 Å². The minimum Gasteiger partial charge on any atom is -0.330 e. The first kappa shape index (κ1) is 20.2. The van der Waals surface area contributed by atoms with Crippen molar-refractivity contribution in [1.82, 2.24) is 9.78 Å². The van der Waals surface area contributed by atoms with Gasteiger partial charge in [-0.2, -0.15) is 5.10 Å². The fourth-order valence-electron chi connectivity index (χ4n) is 2.23. The SMILES string of the molecule is CC(C)(C)c1cc(NC(=O)CCCN)n(Cc2ccccc2)n1.Cl. The Hall–Kier alpha value is -1.85. The number of hydrogen-bond acceptors (Lipinski definition) is 3. The van der Waals surface area contributed by atoms with Gasteiger partial charge in [0.25, 0.3) is 0 Å². The fraction of sp³-hybridized carbons (Fsp3) is 0.444. The number of benzene rings is 1. The molecule has 1 amide bonds. The molecule has 0 spiro atoms. The zero-order valence-corrected chi connectivity index (χ0v) is 15.4. The lowest BCUT2D eigenvalue weighted by atomic mass is 9.92. The van der Waals surface area contributed by atoms with E-state index >= 15 is 0 Å². The summed E-state index contributed by atoms with van der Waals surface area (Å²) in [5.74, 6) is 0.714. The highest BCUT2D eigenvalue weighted by Crippen LogP contribution is 2.24. The zero-order chi connectivity index (χ0) is 16.9. The van der Waals surface area contributed by atoms with Crippen molar-refractivity contribution in [2.45, 2.75) is 45.6 Å². The molecule has 0 aliphatic rings. The van der Waals surface area contributed by atoms with Crippen molar-refractivity contribution < 1.29 is 4.79 Å². The van der Waals surface area contributed by atoms with Crippen LogP contribution in [0.15, 0.2) is 36.4 Å². The van der Waals surface area contributed by atoms with Crippen LogP contribution in [0.25, 0.3) is 0 Å². The second-order valence-corrected chi connectivity index (χ2v) is 6.75. The summed E-state index contributed by atoms with van der Waals surface area (Å²) < 4.78 is 1.86. The smallest absolute Gasteiger partial charge is 0.225 e. The van der Waals surface area contributed by atoms with E-state index in [1.54, 1.807) is 0 Å². The predicted octanol–water partition coefficient (Wildman–Crippen LogP) is 3.33. The molecule has 0 bridgehead atoms. The Bertz CT molecular complexity index is 647. The van der Waals surface area contributed by atoms with Gasteiger partial charge >= 0.3 is 0 Å². The van der Waals surface area contributed by atoms with Crippen LogP contribution in [0.5, 0.6) is 0 Å². The number of anilines is 1. The Labute approximate surface area is 150 Å². The number of nitrogens with two attached hydrogens (primary N) is 1. The second-order valence-electron chi connectivity index (χ2n) is 6.75. The normalized spacial score (nSPS) is 11.0. The van der Waals surface area contributed by atoms with Gasteiger partial charge in [-0.3, -0.25) is 4.79 Å². The molecule has 1 aromatic heterocycles. The third-order valence-electron chi connectivity index (χ3n) is 3.60. The Kier molecular flexibility index (Phi) is 7.45. The van der Waals surface area contributed by atoms with Crippen molar-refractivity contribution in [2.75, 3.05) is 11.9 Å². The Balaban J connectivity index is 0.00000288. The van der Waals surface area contributed by atoms with Crippen LogP contribution in [0, 0.1) is 0 Å². The van der Waals surface area contributed by atoms with Gasteiger partial charge in [-0.05, 0) is 18.5 Å². The maximum absolute atomic E-state index is 12.0. The number of halogens is 1. The number of rotatable bonds is 6. The van der Waals surface area contributed by atoms with Gasteiger partial charge in [-0.15, -0.1) is 12.4 Å². The lowest BCUT2D eigenvalue weighted by Crippen LogP contribution is -2.17. The number of carbonyl (C=O) groups is 1. The maximum atomic E-state index is 12.0. The summed E-state index contributed by atoms with van der Waals surface area (Å²) in [7, 11) is 0. The van der Waals surface area contributed by atoms with E-state index < -0.39 is 0 Å². The monoisotopic (exact) mass is 350 g/mol. The summed E-state index contributed by atoms with van der Waals surface area (Å²) in [6, 6.07) is 12.1. The maximum Gasteiger partial charge on any atom is 0.225 e. The van der Waals surface area contributed by atoms with E-state index in [9.17, 15) is 4.79 Å². The van der Waals surface area contributed by atoms with Crippen LogP contribution in [0.2, 0.25) is 0 Å². The molecule has 0 saturated heterocycles. The van der Waals surface area contributed by atoms with Crippen molar-refractivity contribution in [3.05, 3.63) is 47.7 Å². The van der Waals surface area contributed by atoms with Gasteiger partial charge in [0, 0.05) is 17.9 Å². The highest BCUT2D eigenvalue weighted by molar-refractivity contribution is 5.89. The topological polar surface area (TPSA) is 72.9 Å². The molecule has 0 aliphatic carbocycles. The summed E-state index contributed by atoms with van der Waals surface area (Å²) in [6.07, 6.45) is 1.11. The molecule has 1 aromatic carbocycles. The molecule has 3 N–H and O–H groups in total. The van der Waals surface area contributed by atoms with E-state index in [2.05, 4.69) is 43.3 Å². The van der Waals surface area contributed by atoms with Crippen molar-refractivity contribution in [3.8, 4) is 0 Å². The highest BCUT2D eigenvalue weighted by atomic mass is 35.5. The van der Waals surface area contributed by atoms with E-state index in [4.69, 9.17) is 5.73 Å². The summed E-state index contributed by atoms with van der Waals surface area (Å²) in [6.45, 7) is 7.49. The summed E-state index contributed by atoms with van der Waals surface area (Å²) >= 11 is 0. The molecule has 24 heavy (non-hydrogen) atoms. The van der Waals surface area contributed by atoms with Crippen molar-refractivity contribution in [2.24, 2.45) is 5.73 Å². The average molecular weight is 351 g/mol. The van der Waals surface area contributed by atoms with E-state index in [1.165, 1.54) is 0 Å². The van der Waals surface area contributed by atoms with Crippen LogP contribution in [-0.4, -0.2) is 22.2 Å². The van der Waals surface area contributed by atoms with Crippen LogP contribution in [0.4, 0.5) is 5.82 Å². The molecule has 1 heterocycles. The number of amides is 1. The van der Waals surface area contributed by atoms with Crippen LogP contribution >= 0.6 is 12.4 Å². The highest BCUT2D eigenvalue weighted by Gasteiger charge is 2.20. The molecule has 2 rings (SSSR count).